The molecule has 1 aromatic heterocycles. The van der Waals surface area contributed by atoms with E-state index in [9.17, 15) is 9.59 Å². The number of amides is 2. The van der Waals surface area contributed by atoms with E-state index in [2.05, 4.69) is 15.6 Å². The number of carbonyl (C=O) groups is 2. The molecule has 1 aromatic rings. The van der Waals surface area contributed by atoms with Crippen molar-refractivity contribution in [3.8, 4) is 0 Å². The van der Waals surface area contributed by atoms with Crippen LogP contribution in [0.15, 0.2) is 18.7 Å². The van der Waals surface area contributed by atoms with Gasteiger partial charge in [-0.3, -0.25) is 0 Å². The van der Waals surface area contributed by atoms with E-state index >= 15 is 0 Å². The van der Waals surface area contributed by atoms with Gasteiger partial charge < -0.3 is 25.4 Å². The lowest BCUT2D eigenvalue weighted by molar-refractivity contribution is -0.146. The van der Waals surface area contributed by atoms with Gasteiger partial charge in [0.15, 0.2) is 6.10 Å². The highest BCUT2D eigenvalue weighted by molar-refractivity contribution is 5.74. The molecule has 0 aliphatic rings. The lowest BCUT2D eigenvalue weighted by atomic mass is 10.2. The fourth-order valence-corrected chi connectivity index (χ4v) is 1.23. The van der Waals surface area contributed by atoms with E-state index in [4.69, 9.17) is 10.2 Å². The lowest BCUT2D eigenvalue weighted by Gasteiger charge is -2.09. The first-order valence-corrected chi connectivity index (χ1v) is 5.48. The third kappa shape index (κ3) is 5.30. The van der Waals surface area contributed by atoms with Crippen molar-refractivity contribution in [1.82, 2.24) is 20.2 Å². The molecule has 8 heteroatoms. The summed E-state index contributed by atoms with van der Waals surface area (Å²) in [6, 6.07) is -0.396. The van der Waals surface area contributed by atoms with Crippen LogP contribution in [0.1, 0.15) is 6.42 Å². The van der Waals surface area contributed by atoms with Crippen molar-refractivity contribution in [2.24, 2.45) is 0 Å². The summed E-state index contributed by atoms with van der Waals surface area (Å²) in [5, 5.41) is 22.4. The van der Waals surface area contributed by atoms with Crippen molar-refractivity contribution in [2.75, 3.05) is 13.1 Å². The van der Waals surface area contributed by atoms with Crippen molar-refractivity contribution in [3.63, 3.8) is 0 Å². The maximum absolute atomic E-state index is 11.2. The number of hydrogen-bond donors (Lipinski definition) is 4. The van der Waals surface area contributed by atoms with Gasteiger partial charge in [0.1, 0.15) is 0 Å². The zero-order valence-corrected chi connectivity index (χ0v) is 9.74. The zero-order valence-electron chi connectivity index (χ0n) is 9.74. The molecule has 0 aliphatic carbocycles. The van der Waals surface area contributed by atoms with Gasteiger partial charge in [-0.1, -0.05) is 0 Å². The Bertz CT molecular complexity index is 379. The molecule has 1 atom stereocenters. The summed E-state index contributed by atoms with van der Waals surface area (Å²) >= 11 is 0. The highest BCUT2D eigenvalue weighted by Crippen LogP contribution is 1.89. The van der Waals surface area contributed by atoms with Crippen LogP contribution in [0.2, 0.25) is 0 Å². The Labute approximate surface area is 104 Å². The van der Waals surface area contributed by atoms with E-state index in [-0.39, 0.29) is 13.0 Å². The van der Waals surface area contributed by atoms with Gasteiger partial charge in [-0.25, -0.2) is 14.6 Å². The molecule has 4 N–H and O–H groups in total. The van der Waals surface area contributed by atoms with E-state index in [1.54, 1.807) is 18.7 Å². The first-order chi connectivity index (χ1) is 8.59. The highest BCUT2D eigenvalue weighted by atomic mass is 16.4. The van der Waals surface area contributed by atoms with E-state index in [0.717, 1.165) is 0 Å². The number of hydrogen-bond acceptors (Lipinski definition) is 4. The van der Waals surface area contributed by atoms with Crippen molar-refractivity contribution in [3.05, 3.63) is 18.7 Å². The maximum Gasteiger partial charge on any atom is 0.332 e. The second-order valence-corrected chi connectivity index (χ2v) is 3.63. The summed E-state index contributed by atoms with van der Waals surface area (Å²) in [6.45, 7) is 1.14. The number of urea groups is 1. The van der Waals surface area contributed by atoms with Gasteiger partial charge in [-0.15, -0.1) is 0 Å². The van der Waals surface area contributed by atoms with Crippen LogP contribution in [0.3, 0.4) is 0 Å². The van der Waals surface area contributed by atoms with Gasteiger partial charge >= 0.3 is 12.0 Å². The predicted octanol–water partition coefficient (Wildman–Crippen LogP) is -0.982. The lowest BCUT2D eigenvalue weighted by Crippen LogP contribution is -2.39. The predicted molar refractivity (Wildman–Crippen MR) is 61.9 cm³/mol. The molecule has 0 saturated heterocycles. The summed E-state index contributed by atoms with van der Waals surface area (Å²) in [7, 11) is 0. The smallest absolute Gasteiger partial charge is 0.332 e. The van der Waals surface area contributed by atoms with Crippen LogP contribution in [0, 0.1) is 0 Å². The minimum Gasteiger partial charge on any atom is -0.479 e. The van der Waals surface area contributed by atoms with Gasteiger partial charge in [-0.05, 0) is 0 Å². The molecule has 0 bridgehead atoms. The Morgan fingerprint density at radius 1 is 1.33 bits per heavy atom. The summed E-state index contributed by atoms with van der Waals surface area (Å²) in [4.78, 5) is 25.4. The number of imidazole rings is 1. The molecule has 0 aromatic carbocycles. The second kappa shape index (κ2) is 7.28. The number of rotatable bonds is 7. The average Bonchev–Trinajstić information content (AvgIpc) is 2.81. The Morgan fingerprint density at radius 3 is 2.67 bits per heavy atom. The summed E-state index contributed by atoms with van der Waals surface area (Å²) in [5.41, 5.74) is 0. The van der Waals surface area contributed by atoms with Gasteiger partial charge in [0.25, 0.3) is 0 Å². The monoisotopic (exact) mass is 256 g/mol. The number of carbonyl (C=O) groups excluding carboxylic acids is 1. The van der Waals surface area contributed by atoms with Gasteiger partial charge in [0.05, 0.1) is 6.33 Å². The first-order valence-electron chi connectivity index (χ1n) is 5.48. The van der Waals surface area contributed by atoms with E-state index in [0.29, 0.717) is 13.1 Å². The molecule has 18 heavy (non-hydrogen) atoms. The van der Waals surface area contributed by atoms with E-state index in [1.165, 1.54) is 0 Å². The van der Waals surface area contributed by atoms with Crippen LogP contribution in [-0.2, 0) is 11.3 Å². The molecule has 2 amide bonds. The molecule has 8 nitrogen and oxygen atoms in total. The highest BCUT2D eigenvalue weighted by Gasteiger charge is 2.12. The SMILES string of the molecule is O=C(NCC[C@H](O)C(=O)O)NCCn1ccnc1. The zero-order chi connectivity index (χ0) is 13.4. The number of carboxylic acids is 1. The van der Waals surface area contributed by atoms with E-state index < -0.39 is 18.1 Å². The molecular formula is C10H16N4O4. The Hall–Kier alpha value is -2.09. The molecule has 0 aliphatic heterocycles. The third-order valence-electron chi connectivity index (χ3n) is 2.20. The average molecular weight is 256 g/mol. The largest absolute Gasteiger partial charge is 0.479 e. The van der Waals surface area contributed by atoms with Crippen molar-refractivity contribution in [1.29, 1.82) is 0 Å². The van der Waals surface area contributed by atoms with Crippen LogP contribution >= 0.6 is 0 Å². The van der Waals surface area contributed by atoms with Crippen LogP contribution in [-0.4, -0.2) is 51.0 Å². The number of aromatic nitrogens is 2. The second-order valence-electron chi connectivity index (χ2n) is 3.63. The number of aliphatic hydroxyl groups excluding tert-OH is 1. The summed E-state index contributed by atoms with van der Waals surface area (Å²) in [5.74, 6) is -1.29. The summed E-state index contributed by atoms with van der Waals surface area (Å²) < 4.78 is 1.81. The topological polar surface area (TPSA) is 116 Å². The van der Waals surface area contributed by atoms with Crippen LogP contribution < -0.4 is 10.6 Å². The van der Waals surface area contributed by atoms with Crippen molar-refractivity contribution in [2.45, 2.75) is 19.1 Å². The number of aliphatic carboxylic acids is 1. The molecule has 0 unspecified atom stereocenters. The van der Waals surface area contributed by atoms with Gasteiger partial charge in [-0.2, -0.15) is 0 Å². The number of aliphatic hydroxyl groups is 1. The van der Waals surface area contributed by atoms with Crippen molar-refractivity contribution < 1.29 is 19.8 Å². The standard InChI is InChI=1S/C10H16N4O4/c15-8(9(16)17)1-2-12-10(18)13-4-6-14-5-3-11-7-14/h3,5,7-8,15H,1-2,4,6H2,(H,16,17)(H2,12,13,18)/t8-/m0/s1. The Balaban J connectivity index is 2.05. The first kappa shape index (κ1) is 14.0. The number of nitrogens with zero attached hydrogens (tertiary/aromatic N) is 2. The van der Waals surface area contributed by atoms with E-state index in [1.807, 2.05) is 4.57 Å². The summed E-state index contributed by atoms with van der Waals surface area (Å²) in [6.07, 6.45) is 3.60. The number of carboxylic acid groups (broad SMARTS) is 1. The fraction of sp³-hybridized carbons (Fsp3) is 0.500. The number of nitrogens with one attached hydrogen (secondary N) is 2. The fourth-order valence-electron chi connectivity index (χ4n) is 1.23. The molecule has 1 rings (SSSR count). The molecule has 0 radical (unpaired) electrons. The van der Waals surface area contributed by atoms with Crippen LogP contribution in [0.25, 0.3) is 0 Å². The van der Waals surface area contributed by atoms with Crippen LogP contribution in [0.4, 0.5) is 4.79 Å². The van der Waals surface area contributed by atoms with Gasteiger partial charge in [0.2, 0.25) is 0 Å². The Morgan fingerprint density at radius 2 is 2.06 bits per heavy atom. The normalized spacial score (nSPS) is 11.8. The molecular weight excluding hydrogens is 240 g/mol. The molecule has 1 heterocycles. The molecule has 0 spiro atoms. The van der Waals surface area contributed by atoms with Gasteiger partial charge in [0, 0.05) is 38.4 Å². The Kier molecular flexibility index (Phi) is 5.65. The molecule has 0 saturated carbocycles. The third-order valence-corrected chi connectivity index (χ3v) is 2.20. The minimum absolute atomic E-state index is 0.0235. The molecule has 100 valence electrons. The quantitative estimate of drug-likeness (QED) is 0.500. The van der Waals surface area contributed by atoms with Crippen molar-refractivity contribution >= 4 is 12.0 Å². The maximum atomic E-state index is 11.2. The molecule has 0 fully saturated rings. The minimum atomic E-state index is -1.45. The van der Waals surface area contributed by atoms with Crippen LogP contribution in [0.5, 0.6) is 0 Å².